The van der Waals surface area contributed by atoms with Crippen LogP contribution in [0.1, 0.15) is 49.4 Å². The zero-order valence-corrected chi connectivity index (χ0v) is 17.6. The maximum Gasteiger partial charge on any atom is 0.181 e. The fraction of sp³-hybridized carbons (Fsp3) is 0.375. The molecule has 2 heterocycles. The average Bonchev–Trinajstić information content (AvgIpc) is 3.32. The van der Waals surface area contributed by atoms with Crippen LogP contribution < -0.4 is 0 Å². The number of rotatable bonds is 3. The number of amidine groups is 1. The molecule has 30 heavy (non-hydrogen) atoms. The highest BCUT2D eigenvalue weighted by Gasteiger charge is 2.61. The van der Waals surface area contributed by atoms with Crippen LogP contribution in [0.2, 0.25) is 0 Å². The third-order valence-electron chi connectivity index (χ3n) is 6.75. The molecule has 5 rings (SSSR count). The number of fused-ring (bicyclic) bond motifs is 1. The maximum absolute atomic E-state index is 10.6. The number of hydrogen-bond acceptors (Lipinski definition) is 4. The number of thiol groups is 1. The first kappa shape index (κ1) is 19.2. The van der Waals surface area contributed by atoms with Gasteiger partial charge < -0.3 is 9.88 Å². The van der Waals surface area contributed by atoms with E-state index >= 15 is 0 Å². The summed E-state index contributed by atoms with van der Waals surface area (Å²) in [7, 11) is 0. The fourth-order valence-corrected chi connectivity index (χ4v) is 5.98. The predicted octanol–water partition coefficient (Wildman–Crippen LogP) is 4.99. The number of aromatic nitrogens is 2. The van der Waals surface area contributed by atoms with E-state index < -0.39 is 5.41 Å². The zero-order valence-electron chi connectivity index (χ0n) is 16.8. The van der Waals surface area contributed by atoms with E-state index in [1.165, 1.54) is 6.42 Å². The molecule has 1 aliphatic carbocycles. The minimum absolute atomic E-state index is 0.250. The maximum atomic E-state index is 10.6. The molecule has 5 nitrogen and oxygen atoms in total. The van der Waals surface area contributed by atoms with Crippen LogP contribution in [0, 0.1) is 16.7 Å². The number of hydrogen-bond donors (Lipinski definition) is 3. The smallest absolute Gasteiger partial charge is 0.181 e. The van der Waals surface area contributed by atoms with E-state index in [1.807, 2.05) is 54.6 Å². The Bertz CT molecular complexity index is 1080. The average molecular weight is 416 g/mol. The number of nitriles is 1. The van der Waals surface area contributed by atoms with Crippen molar-refractivity contribution in [1.29, 1.82) is 10.7 Å². The summed E-state index contributed by atoms with van der Waals surface area (Å²) in [6.45, 7) is 0. The highest BCUT2D eigenvalue weighted by atomic mass is 32.1. The summed E-state index contributed by atoms with van der Waals surface area (Å²) in [5.41, 5.74) is 1.51. The van der Waals surface area contributed by atoms with Crippen molar-refractivity contribution in [2.75, 3.05) is 0 Å². The van der Waals surface area contributed by atoms with Crippen molar-refractivity contribution in [2.24, 2.45) is 0 Å². The summed E-state index contributed by atoms with van der Waals surface area (Å²) in [6.07, 6.45) is 5.65. The Balaban J connectivity index is 1.70. The minimum Gasteiger partial charge on any atom is -0.343 e. The number of nitrogens with zero attached hydrogens (tertiary/aromatic N) is 3. The normalized spacial score (nSPS) is 27.5. The summed E-state index contributed by atoms with van der Waals surface area (Å²) in [5.74, 6) is 0.578. The van der Waals surface area contributed by atoms with Crippen molar-refractivity contribution < 1.29 is 0 Å². The van der Waals surface area contributed by atoms with Crippen molar-refractivity contribution in [3.8, 4) is 6.07 Å². The molecule has 0 amide bonds. The lowest BCUT2D eigenvalue weighted by atomic mass is 9.74. The van der Waals surface area contributed by atoms with E-state index in [4.69, 9.17) is 17.6 Å². The third-order valence-corrected chi connectivity index (χ3v) is 7.29. The van der Waals surface area contributed by atoms with Crippen LogP contribution in [0.15, 0.2) is 54.6 Å². The second kappa shape index (κ2) is 7.48. The van der Waals surface area contributed by atoms with Gasteiger partial charge in [0.05, 0.1) is 22.5 Å². The van der Waals surface area contributed by atoms with Gasteiger partial charge in [0.1, 0.15) is 11.7 Å². The molecule has 3 aromatic rings. The molecule has 0 bridgehead atoms. The molecule has 1 aromatic heterocycles. The topological polar surface area (TPSA) is 79.6 Å². The molecule has 1 saturated heterocycles. The molecule has 1 aliphatic heterocycles. The van der Waals surface area contributed by atoms with Gasteiger partial charge in [-0.2, -0.15) is 17.9 Å². The lowest BCUT2D eigenvalue weighted by molar-refractivity contribution is 0.238. The standard InChI is InChI=1S/C24H25N5S/c25-15-24(23-27-18-13-7-8-14-19(18)28-23)20(16-9-3-1-4-10-16)21(30)29(22(24)26)17-11-5-2-6-12-17/h1,3-4,7-10,13-14,17,20-21,26,30H,2,5-6,11-12H2,(H,27,28). The van der Waals surface area contributed by atoms with E-state index in [-0.39, 0.29) is 17.3 Å². The van der Waals surface area contributed by atoms with Crippen molar-refractivity contribution in [3.05, 3.63) is 66.0 Å². The lowest BCUT2D eigenvalue weighted by Crippen LogP contribution is -2.44. The first-order valence-electron chi connectivity index (χ1n) is 10.6. The molecular weight excluding hydrogens is 390 g/mol. The van der Waals surface area contributed by atoms with Gasteiger partial charge in [-0.25, -0.2) is 4.98 Å². The van der Waals surface area contributed by atoms with Crippen LogP contribution >= 0.6 is 12.6 Å². The Labute approximate surface area is 182 Å². The lowest BCUT2D eigenvalue weighted by Gasteiger charge is -2.36. The second-order valence-corrected chi connectivity index (χ2v) is 8.90. The molecule has 2 N–H and O–H groups in total. The molecule has 2 fully saturated rings. The highest BCUT2D eigenvalue weighted by molar-refractivity contribution is 7.81. The first-order valence-corrected chi connectivity index (χ1v) is 11.2. The number of aromatic amines is 1. The number of H-pyrrole nitrogens is 1. The van der Waals surface area contributed by atoms with Crippen molar-refractivity contribution in [3.63, 3.8) is 0 Å². The largest absolute Gasteiger partial charge is 0.343 e. The van der Waals surface area contributed by atoms with Crippen molar-refractivity contribution in [2.45, 2.75) is 54.9 Å². The van der Waals surface area contributed by atoms with Gasteiger partial charge in [0.2, 0.25) is 0 Å². The molecule has 6 heteroatoms. The number of imidazole rings is 1. The summed E-state index contributed by atoms with van der Waals surface area (Å²) < 4.78 is 0. The Hall–Kier alpha value is -2.78. The zero-order chi connectivity index (χ0) is 20.7. The van der Waals surface area contributed by atoms with Crippen LogP contribution in [0.3, 0.4) is 0 Å². The fourth-order valence-electron chi connectivity index (χ4n) is 5.28. The first-order chi connectivity index (χ1) is 14.7. The summed E-state index contributed by atoms with van der Waals surface area (Å²) >= 11 is 5.04. The quantitative estimate of drug-likeness (QED) is 0.527. The predicted molar refractivity (Wildman–Crippen MR) is 122 cm³/mol. The van der Waals surface area contributed by atoms with Crippen LogP contribution in [0.4, 0.5) is 0 Å². The molecule has 0 spiro atoms. The van der Waals surface area contributed by atoms with Gasteiger partial charge in [-0.3, -0.25) is 5.41 Å². The Morgan fingerprint density at radius 2 is 1.77 bits per heavy atom. The van der Waals surface area contributed by atoms with E-state index in [0.29, 0.717) is 11.7 Å². The number of nitrogens with one attached hydrogen (secondary N) is 2. The van der Waals surface area contributed by atoms with Gasteiger partial charge in [-0.05, 0) is 30.5 Å². The van der Waals surface area contributed by atoms with Crippen molar-refractivity contribution in [1.82, 2.24) is 14.9 Å². The monoisotopic (exact) mass is 415 g/mol. The van der Waals surface area contributed by atoms with Gasteiger partial charge >= 0.3 is 0 Å². The van der Waals surface area contributed by atoms with E-state index in [9.17, 15) is 10.7 Å². The number of likely N-dealkylation sites (tertiary alicyclic amines) is 1. The Morgan fingerprint density at radius 3 is 2.47 bits per heavy atom. The van der Waals surface area contributed by atoms with Gasteiger partial charge in [0, 0.05) is 12.0 Å². The number of benzene rings is 2. The molecule has 2 aromatic carbocycles. The third kappa shape index (κ3) is 2.76. The summed E-state index contributed by atoms with van der Waals surface area (Å²) in [5, 5.41) is 19.6. The molecule has 0 radical (unpaired) electrons. The van der Waals surface area contributed by atoms with Crippen LogP contribution in [-0.2, 0) is 5.41 Å². The molecule has 3 atom stereocenters. The van der Waals surface area contributed by atoms with Gasteiger partial charge in [-0.15, -0.1) is 0 Å². The van der Waals surface area contributed by atoms with Gasteiger partial charge in [0.25, 0.3) is 0 Å². The minimum atomic E-state index is -1.20. The molecule has 3 unspecified atom stereocenters. The Kier molecular flexibility index (Phi) is 4.79. The molecule has 2 aliphatic rings. The molecule has 1 saturated carbocycles. The summed E-state index contributed by atoms with van der Waals surface area (Å²) in [6, 6.07) is 20.6. The summed E-state index contributed by atoms with van der Waals surface area (Å²) in [4.78, 5) is 10.3. The van der Waals surface area contributed by atoms with E-state index in [0.717, 1.165) is 42.3 Å². The van der Waals surface area contributed by atoms with E-state index in [2.05, 4.69) is 16.0 Å². The second-order valence-electron chi connectivity index (χ2n) is 8.37. The highest BCUT2D eigenvalue weighted by Crippen LogP contribution is 2.52. The molecule has 152 valence electrons. The molecular formula is C24H25N5S. The number of para-hydroxylation sites is 2. The van der Waals surface area contributed by atoms with Crippen molar-refractivity contribution >= 4 is 29.5 Å². The van der Waals surface area contributed by atoms with E-state index in [1.54, 1.807) is 0 Å². The SMILES string of the molecule is N#CC1(c2nc3ccccc3[nH]2)C(=N)N(C2CCCCC2)C(S)C1c1ccccc1. The van der Waals surface area contributed by atoms with Crippen LogP contribution in [0.25, 0.3) is 11.0 Å². The Morgan fingerprint density at radius 1 is 1.07 bits per heavy atom. The van der Waals surface area contributed by atoms with Gasteiger partial charge in [0.15, 0.2) is 5.41 Å². The van der Waals surface area contributed by atoms with Crippen LogP contribution in [-0.4, -0.2) is 32.1 Å². The van der Waals surface area contributed by atoms with Crippen LogP contribution in [0.5, 0.6) is 0 Å². The van der Waals surface area contributed by atoms with Gasteiger partial charge in [-0.1, -0.05) is 61.7 Å².